The fraction of sp³-hybridized carbons (Fsp3) is 0.176. The zero-order valence-electron chi connectivity index (χ0n) is 13.1. The molecule has 124 valence electrons. The van der Waals surface area contributed by atoms with Crippen LogP contribution in [0, 0.1) is 6.92 Å². The van der Waals surface area contributed by atoms with Crippen LogP contribution in [0.1, 0.15) is 11.5 Å². The molecule has 0 bridgehead atoms. The summed E-state index contributed by atoms with van der Waals surface area (Å²) in [6, 6.07) is 11.0. The van der Waals surface area contributed by atoms with Crippen molar-refractivity contribution in [2.75, 3.05) is 12.4 Å². The van der Waals surface area contributed by atoms with Gasteiger partial charge in [0.1, 0.15) is 5.75 Å². The number of methoxy groups -OCH3 is 1. The Morgan fingerprint density at radius 2 is 1.92 bits per heavy atom. The van der Waals surface area contributed by atoms with E-state index in [4.69, 9.17) is 32.4 Å². The van der Waals surface area contributed by atoms with Crippen molar-refractivity contribution in [1.29, 1.82) is 0 Å². The lowest BCUT2D eigenvalue weighted by Gasteiger charge is -2.11. The number of ether oxygens (including phenoxy) is 1. The largest absolute Gasteiger partial charge is 0.495 e. The van der Waals surface area contributed by atoms with Crippen molar-refractivity contribution in [2.45, 2.75) is 13.5 Å². The van der Waals surface area contributed by atoms with Gasteiger partial charge in [-0.1, -0.05) is 35.3 Å². The minimum absolute atomic E-state index is 0.356. The molecule has 0 unspecified atom stereocenters. The van der Waals surface area contributed by atoms with Crippen LogP contribution in [-0.2, 0) is 6.54 Å². The molecule has 3 rings (SSSR count). The topological polar surface area (TPSA) is 60.2 Å². The standard InChI is InChI=1S/C17H15Cl2N3O2/c1-10-7-14(15(23-2)8-13(10)19)20-9-16-21-22-17(24-16)11-5-3-4-6-12(11)18/h3-8,20H,9H2,1-2H3. The summed E-state index contributed by atoms with van der Waals surface area (Å²) in [4.78, 5) is 0. The summed E-state index contributed by atoms with van der Waals surface area (Å²) in [5.74, 6) is 1.48. The summed E-state index contributed by atoms with van der Waals surface area (Å²) >= 11 is 12.2. The predicted molar refractivity (Wildman–Crippen MR) is 94.8 cm³/mol. The van der Waals surface area contributed by atoms with Gasteiger partial charge >= 0.3 is 0 Å². The maximum atomic E-state index is 6.14. The van der Waals surface area contributed by atoms with Gasteiger partial charge in [0.05, 0.1) is 29.9 Å². The molecule has 0 aliphatic rings. The number of rotatable bonds is 5. The van der Waals surface area contributed by atoms with Crippen molar-refractivity contribution < 1.29 is 9.15 Å². The Labute approximate surface area is 149 Å². The third-order valence-corrected chi connectivity index (χ3v) is 4.22. The lowest BCUT2D eigenvalue weighted by molar-refractivity contribution is 0.416. The van der Waals surface area contributed by atoms with Crippen LogP contribution >= 0.6 is 23.2 Å². The van der Waals surface area contributed by atoms with Gasteiger partial charge < -0.3 is 14.5 Å². The quantitative estimate of drug-likeness (QED) is 0.692. The van der Waals surface area contributed by atoms with Crippen molar-refractivity contribution in [3.05, 3.63) is 57.9 Å². The Hall–Kier alpha value is -2.24. The van der Waals surface area contributed by atoms with E-state index in [0.29, 0.717) is 39.7 Å². The van der Waals surface area contributed by atoms with Crippen LogP contribution in [0.3, 0.4) is 0 Å². The summed E-state index contributed by atoms with van der Waals surface area (Å²) in [5, 5.41) is 12.5. The van der Waals surface area contributed by atoms with Crippen LogP contribution < -0.4 is 10.1 Å². The minimum Gasteiger partial charge on any atom is -0.495 e. The fourth-order valence-corrected chi connectivity index (χ4v) is 2.58. The minimum atomic E-state index is 0.356. The molecule has 7 heteroatoms. The van der Waals surface area contributed by atoms with Crippen molar-refractivity contribution >= 4 is 28.9 Å². The van der Waals surface area contributed by atoms with E-state index < -0.39 is 0 Å². The average molecular weight is 364 g/mol. The van der Waals surface area contributed by atoms with Gasteiger partial charge in [0.15, 0.2) is 0 Å². The number of hydrogen-bond acceptors (Lipinski definition) is 5. The summed E-state index contributed by atoms with van der Waals surface area (Å²) in [5.41, 5.74) is 2.46. The Bertz CT molecular complexity index is 865. The number of halogens is 2. The SMILES string of the molecule is COc1cc(Cl)c(C)cc1NCc1nnc(-c2ccccc2Cl)o1. The summed E-state index contributed by atoms with van der Waals surface area (Å²) < 4.78 is 11.0. The van der Waals surface area contributed by atoms with E-state index in [-0.39, 0.29) is 0 Å². The Balaban J connectivity index is 1.77. The van der Waals surface area contributed by atoms with Gasteiger partial charge in [-0.05, 0) is 30.7 Å². The molecule has 1 N–H and O–H groups in total. The van der Waals surface area contributed by atoms with Crippen LogP contribution in [0.4, 0.5) is 5.69 Å². The zero-order chi connectivity index (χ0) is 17.1. The molecule has 0 aliphatic heterocycles. The number of anilines is 1. The molecule has 0 saturated heterocycles. The number of aryl methyl sites for hydroxylation is 1. The molecule has 0 amide bonds. The molecule has 0 spiro atoms. The van der Waals surface area contributed by atoms with Crippen LogP contribution in [0.15, 0.2) is 40.8 Å². The number of aromatic nitrogens is 2. The molecule has 1 heterocycles. The second-order valence-electron chi connectivity index (χ2n) is 5.14. The number of hydrogen-bond donors (Lipinski definition) is 1. The molecule has 24 heavy (non-hydrogen) atoms. The normalized spacial score (nSPS) is 10.7. The van der Waals surface area contributed by atoms with Gasteiger partial charge in [-0.15, -0.1) is 10.2 Å². The molecule has 0 radical (unpaired) electrons. The molecular formula is C17H15Cl2N3O2. The maximum Gasteiger partial charge on any atom is 0.249 e. The highest BCUT2D eigenvalue weighted by Gasteiger charge is 2.12. The summed E-state index contributed by atoms with van der Waals surface area (Å²) in [6.45, 7) is 2.28. The first-order valence-corrected chi connectivity index (χ1v) is 7.99. The van der Waals surface area contributed by atoms with E-state index >= 15 is 0 Å². The van der Waals surface area contributed by atoms with E-state index in [0.717, 1.165) is 11.3 Å². The van der Waals surface area contributed by atoms with E-state index in [1.165, 1.54) is 0 Å². The van der Waals surface area contributed by atoms with Gasteiger partial charge in [0.2, 0.25) is 11.8 Å². The molecule has 0 fully saturated rings. The Kier molecular flexibility index (Phi) is 4.92. The highest BCUT2D eigenvalue weighted by Crippen LogP contribution is 2.31. The number of benzene rings is 2. The summed E-state index contributed by atoms with van der Waals surface area (Å²) in [6.07, 6.45) is 0. The highest BCUT2D eigenvalue weighted by atomic mass is 35.5. The van der Waals surface area contributed by atoms with E-state index in [2.05, 4.69) is 15.5 Å². The third-order valence-electron chi connectivity index (χ3n) is 3.48. The number of nitrogens with one attached hydrogen (secondary N) is 1. The fourth-order valence-electron chi connectivity index (χ4n) is 2.21. The Morgan fingerprint density at radius 3 is 2.67 bits per heavy atom. The summed E-state index contributed by atoms with van der Waals surface area (Å²) in [7, 11) is 1.59. The van der Waals surface area contributed by atoms with Gasteiger partial charge in [0, 0.05) is 11.1 Å². The molecule has 0 aliphatic carbocycles. The van der Waals surface area contributed by atoms with E-state index in [9.17, 15) is 0 Å². The second-order valence-corrected chi connectivity index (χ2v) is 5.95. The Morgan fingerprint density at radius 1 is 1.12 bits per heavy atom. The van der Waals surface area contributed by atoms with Crippen LogP contribution in [0.25, 0.3) is 11.5 Å². The van der Waals surface area contributed by atoms with E-state index in [1.54, 1.807) is 19.2 Å². The molecule has 1 aromatic heterocycles. The molecule has 0 atom stereocenters. The van der Waals surface area contributed by atoms with Crippen LogP contribution in [0.5, 0.6) is 5.75 Å². The maximum absolute atomic E-state index is 6.14. The second kappa shape index (κ2) is 7.11. The van der Waals surface area contributed by atoms with Crippen LogP contribution in [-0.4, -0.2) is 17.3 Å². The number of nitrogens with zero attached hydrogens (tertiary/aromatic N) is 2. The molecule has 3 aromatic rings. The lowest BCUT2D eigenvalue weighted by atomic mass is 10.2. The van der Waals surface area contributed by atoms with Crippen molar-refractivity contribution in [1.82, 2.24) is 10.2 Å². The molecule has 0 saturated carbocycles. The monoisotopic (exact) mass is 363 g/mol. The predicted octanol–water partition coefficient (Wildman–Crippen LogP) is 4.97. The smallest absolute Gasteiger partial charge is 0.249 e. The average Bonchev–Trinajstić information content (AvgIpc) is 3.04. The van der Waals surface area contributed by atoms with E-state index in [1.807, 2.05) is 31.2 Å². The van der Waals surface area contributed by atoms with Crippen molar-refractivity contribution in [2.24, 2.45) is 0 Å². The first kappa shape index (κ1) is 16.6. The lowest BCUT2D eigenvalue weighted by Crippen LogP contribution is -2.02. The first-order chi connectivity index (χ1) is 11.6. The van der Waals surface area contributed by atoms with Crippen molar-refractivity contribution in [3.8, 4) is 17.2 Å². The molecule has 2 aromatic carbocycles. The first-order valence-electron chi connectivity index (χ1n) is 7.23. The van der Waals surface area contributed by atoms with Gasteiger partial charge in [-0.3, -0.25) is 0 Å². The highest BCUT2D eigenvalue weighted by molar-refractivity contribution is 6.33. The van der Waals surface area contributed by atoms with Crippen molar-refractivity contribution in [3.63, 3.8) is 0 Å². The molecular weight excluding hydrogens is 349 g/mol. The van der Waals surface area contributed by atoms with Gasteiger partial charge in [-0.2, -0.15) is 0 Å². The zero-order valence-corrected chi connectivity index (χ0v) is 14.6. The van der Waals surface area contributed by atoms with Gasteiger partial charge in [-0.25, -0.2) is 0 Å². The van der Waals surface area contributed by atoms with Gasteiger partial charge in [0.25, 0.3) is 0 Å². The third kappa shape index (κ3) is 3.47. The molecule has 5 nitrogen and oxygen atoms in total. The van der Waals surface area contributed by atoms with Crippen LogP contribution in [0.2, 0.25) is 10.0 Å².